The molecule has 0 aromatic rings. The number of carbonyl (C=O) groups is 7. The molecule has 1 fully saturated rings. The summed E-state index contributed by atoms with van der Waals surface area (Å²) < 4.78 is 15.0. The molecule has 0 aromatic heterocycles. The molecule has 15 heteroatoms. The molecule has 1 aliphatic heterocycles. The van der Waals surface area contributed by atoms with Gasteiger partial charge in [-0.15, -0.1) is 0 Å². The van der Waals surface area contributed by atoms with Gasteiger partial charge in [-0.3, -0.25) is 19.2 Å². The van der Waals surface area contributed by atoms with Crippen molar-refractivity contribution in [2.24, 2.45) is 11.7 Å². The summed E-state index contributed by atoms with van der Waals surface area (Å²) in [5, 5.41) is 7.80. The number of primary amides is 1. The normalized spacial score (nSPS) is 16.7. The van der Waals surface area contributed by atoms with Gasteiger partial charge >= 0.3 is 18.0 Å². The SMILES string of the molecule is CCOC(=O)C=CCC[C@H](NC(=O)OC(C)(C)C)C(=O)N[C@@H](CCC(N)=O)C(=O)N1CCC[C@H]1C(=O)N[C@@H](CC(C)C)C(=O)OC. The number of carbonyl (C=O) groups excluding carboxylic acids is 7. The van der Waals surface area contributed by atoms with Gasteiger partial charge in [0.15, 0.2) is 0 Å². The maximum Gasteiger partial charge on any atom is 0.408 e. The van der Waals surface area contributed by atoms with Gasteiger partial charge in [-0.25, -0.2) is 14.4 Å². The van der Waals surface area contributed by atoms with E-state index in [1.165, 1.54) is 24.2 Å². The molecule has 0 unspecified atom stereocenters. The fourth-order valence-electron chi connectivity index (χ4n) is 4.77. The third kappa shape index (κ3) is 14.7. The van der Waals surface area contributed by atoms with Crippen LogP contribution in [-0.4, -0.2) is 96.6 Å². The standard InChI is InChI=1S/C31H51N5O10/c1-8-45-25(38)14-10-9-12-20(35-30(43)46-31(4,5)6)26(39)33-21(15-16-24(32)37)28(41)36-17-11-13-23(36)27(40)34-22(18-19(2)3)29(42)44-7/h10,14,19-23H,8-9,11-13,15-18H2,1-7H3,(H2,32,37)(H,33,39)(H,34,40)(H,35,43)/t20-,21-,22-,23-/m0/s1. The Morgan fingerprint density at radius 3 is 2.22 bits per heavy atom. The number of alkyl carbamates (subject to hydrolysis) is 1. The largest absolute Gasteiger partial charge is 0.467 e. The Kier molecular flexibility index (Phi) is 16.8. The maximum atomic E-state index is 13.8. The second-order valence-corrected chi connectivity index (χ2v) is 12.4. The first kappa shape index (κ1) is 39.9. The van der Waals surface area contributed by atoms with Crippen molar-refractivity contribution in [2.45, 2.75) is 116 Å². The van der Waals surface area contributed by atoms with Gasteiger partial charge in [-0.2, -0.15) is 0 Å². The fraction of sp³-hybridized carbons (Fsp3) is 0.710. The van der Waals surface area contributed by atoms with Crippen molar-refractivity contribution < 1.29 is 47.8 Å². The van der Waals surface area contributed by atoms with E-state index in [2.05, 4.69) is 16.0 Å². The molecule has 0 spiro atoms. The van der Waals surface area contributed by atoms with Crippen molar-refractivity contribution in [1.82, 2.24) is 20.9 Å². The van der Waals surface area contributed by atoms with Crippen LogP contribution < -0.4 is 21.7 Å². The number of hydrogen-bond donors (Lipinski definition) is 4. The molecular formula is C31H51N5O10. The van der Waals surface area contributed by atoms with Gasteiger partial charge in [0, 0.05) is 19.0 Å². The number of methoxy groups -OCH3 is 1. The van der Waals surface area contributed by atoms with Crippen molar-refractivity contribution >= 4 is 41.7 Å². The minimum absolute atomic E-state index is 0.0250. The number of nitrogens with zero attached hydrogens (tertiary/aromatic N) is 1. The van der Waals surface area contributed by atoms with Gasteiger partial charge in [0.05, 0.1) is 13.7 Å². The van der Waals surface area contributed by atoms with Crippen LogP contribution in [0.5, 0.6) is 0 Å². The highest BCUT2D eigenvalue weighted by molar-refractivity contribution is 5.95. The third-order valence-electron chi connectivity index (χ3n) is 6.81. The van der Waals surface area contributed by atoms with E-state index >= 15 is 0 Å². The minimum Gasteiger partial charge on any atom is -0.467 e. The van der Waals surface area contributed by atoms with Crippen LogP contribution in [0.15, 0.2) is 12.2 Å². The highest BCUT2D eigenvalue weighted by Crippen LogP contribution is 2.21. The lowest BCUT2D eigenvalue weighted by Gasteiger charge is -2.30. The third-order valence-corrected chi connectivity index (χ3v) is 6.81. The molecular weight excluding hydrogens is 602 g/mol. The summed E-state index contributed by atoms with van der Waals surface area (Å²) in [6.45, 7) is 10.8. The van der Waals surface area contributed by atoms with Crippen LogP contribution in [0, 0.1) is 5.92 Å². The van der Waals surface area contributed by atoms with Gasteiger partial charge in [0.25, 0.3) is 0 Å². The summed E-state index contributed by atoms with van der Waals surface area (Å²) in [5.41, 5.74) is 4.49. The van der Waals surface area contributed by atoms with Crippen LogP contribution in [0.2, 0.25) is 0 Å². The Bertz CT molecular complexity index is 1120. The zero-order valence-electron chi connectivity index (χ0n) is 28.0. The average Bonchev–Trinajstić information content (AvgIpc) is 3.44. The summed E-state index contributed by atoms with van der Waals surface area (Å²) in [5.74, 6) is -3.71. The minimum atomic E-state index is -1.27. The van der Waals surface area contributed by atoms with Crippen LogP contribution in [0.4, 0.5) is 4.79 Å². The Morgan fingerprint density at radius 2 is 1.65 bits per heavy atom. The van der Waals surface area contributed by atoms with Crippen LogP contribution in [0.3, 0.4) is 0 Å². The number of allylic oxidation sites excluding steroid dienone is 1. The fourth-order valence-corrected chi connectivity index (χ4v) is 4.77. The lowest BCUT2D eigenvalue weighted by molar-refractivity contribution is -0.147. The topological polar surface area (TPSA) is 213 Å². The van der Waals surface area contributed by atoms with E-state index in [0.717, 1.165) is 0 Å². The van der Waals surface area contributed by atoms with Crippen molar-refractivity contribution in [3.8, 4) is 0 Å². The van der Waals surface area contributed by atoms with E-state index < -0.39 is 71.4 Å². The average molecular weight is 654 g/mol. The molecule has 46 heavy (non-hydrogen) atoms. The summed E-state index contributed by atoms with van der Waals surface area (Å²) in [7, 11) is 1.22. The molecule has 0 saturated carbocycles. The van der Waals surface area contributed by atoms with Crippen LogP contribution >= 0.6 is 0 Å². The number of esters is 2. The predicted octanol–water partition coefficient (Wildman–Crippen LogP) is 1.22. The van der Waals surface area contributed by atoms with Crippen molar-refractivity contribution in [2.75, 3.05) is 20.3 Å². The second-order valence-electron chi connectivity index (χ2n) is 12.4. The molecule has 15 nitrogen and oxygen atoms in total. The molecule has 260 valence electrons. The van der Waals surface area contributed by atoms with Crippen molar-refractivity contribution in [3.63, 3.8) is 0 Å². The molecule has 0 aliphatic carbocycles. The lowest BCUT2D eigenvalue weighted by Crippen LogP contribution is -2.57. The molecule has 0 radical (unpaired) electrons. The summed E-state index contributed by atoms with van der Waals surface area (Å²) in [6.07, 6.45) is 2.75. The van der Waals surface area contributed by atoms with Crippen LogP contribution in [0.1, 0.15) is 86.5 Å². The monoisotopic (exact) mass is 653 g/mol. The van der Waals surface area contributed by atoms with E-state index in [9.17, 15) is 33.6 Å². The molecule has 5 N–H and O–H groups in total. The van der Waals surface area contributed by atoms with Gasteiger partial charge < -0.3 is 40.8 Å². The molecule has 5 amide bonds. The molecule has 0 aromatic carbocycles. The van der Waals surface area contributed by atoms with E-state index in [4.69, 9.17) is 19.9 Å². The molecule has 0 bridgehead atoms. The first-order chi connectivity index (χ1) is 21.5. The van der Waals surface area contributed by atoms with Crippen LogP contribution in [0.25, 0.3) is 0 Å². The smallest absolute Gasteiger partial charge is 0.408 e. The van der Waals surface area contributed by atoms with Gasteiger partial charge in [0.2, 0.25) is 23.6 Å². The van der Waals surface area contributed by atoms with Gasteiger partial charge in [0.1, 0.15) is 29.8 Å². The number of hydrogen-bond acceptors (Lipinski definition) is 10. The molecule has 1 heterocycles. The number of rotatable bonds is 17. The Hall–Kier alpha value is -4.17. The van der Waals surface area contributed by atoms with Gasteiger partial charge in [-0.05, 0) is 72.1 Å². The number of amides is 5. The molecule has 1 rings (SSSR count). The number of nitrogens with one attached hydrogen (secondary N) is 3. The summed E-state index contributed by atoms with van der Waals surface area (Å²) in [6, 6.07) is -4.29. The van der Waals surface area contributed by atoms with E-state index in [-0.39, 0.29) is 44.8 Å². The molecule has 1 aliphatic rings. The Labute approximate surface area is 270 Å². The van der Waals surface area contributed by atoms with Crippen molar-refractivity contribution in [3.05, 3.63) is 12.2 Å². The summed E-state index contributed by atoms with van der Waals surface area (Å²) >= 11 is 0. The number of nitrogens with two attached hydrogens (primary N) is 1. The highest BCUT2D eigenvalue weighted by atomic mass is 16.6. The molecule has 4 atom stereocenters. The number of ether oxygens (including phenoxy) is 3. The van der Waals surface area contributed by atoms with E-state index in [1.807, 2.05) is 13.8 Å². The highest BCUT2D eigenvalue weighted by Gasteiger charge is 2.39. The van der Waals surface area contributed by atoms with Crippen molar-refractivity contribution in [1.29, 1.82) is 0 Å². The Morgan fingerprint density at radius 1 is 0.978 bits per heavy atom. The second kappa shape index (κ2) is 19.4. The zero-order chi connectivity index (χ0) is 35.0. The van der Waals surface area contributed by atoms with E-state index in [1.54, 1.807) is 27.7 Å². The lowest BCUT2D eigenvalue weighted by atomic mass is 10.0. The quantitative estimate of drug-likeness (QED) is 0.100. The Balaban J connectivity index is 3.20. The first-order valence-corrected chi connectivity index (χ1v) is 15.6. The van der Waals surface area contributed by atoms with E-state index in [0.29, 0.717) is 19.3 Å². The maximum absolute atomic E-state index is 13.8. The van der Waals surface area contributed by atoms with Gasteiger partial charge in [-0.1, -0.05) is 19.9 Å². The summed E-state index contributed by atoms with van der Waals surface area (Å²) in [4.78, 5) is 90.1. The van der Waals surface area contributed by atoms with Crippen LogP contribution in [-0.2, 0) is 43.0 Å². The number of likely N-dealkylation sites (tertiary alicyclic amines) is 1. The molecule has 1 saturated heterocycles. The zero-order valence-corrected chi connectivity index (χ0v) is 28.0. The predicted molar refractivity (Wildman–Crippen MR) is 167 cm³/mol. The first-order valence-electron chi connectivity index (χ1n) is 15.6.